The molecule has 0 saturated heterocycles. The summed E-state index contributed by atoms with van der Waals surface area (Å²) >= 11 is 17.8. The van der Waals surface area contributed by atoms with Crippen LogP contribution < -0.4 is 15.0 Å². The molecule has 22 heavy (non-hydrogen) atoms. The number of methoxy groups -OCH3 is 1. The molecule has 0 aromatic heterocycles. The molecule has 1 aromatic rings. The van der Waals surface area contributed by atoms with Crippen molar-refractivity contribution in [3.63, 3.8) is 0 Å². The van der Waals surface area contributed by atoms with E-state index >= 15 is 0 Å². The van der Waals surface area contributed by atoms with E-state index in [0.29, 0.717) is 11.4 Å². The average molecular weight is 368 g/mol. The Bertz CT molecular complexity index is 591. The number of nitrogens with zero attached hydrogens (tertiary/aromatic N) is 1. The predicted octanol–water partition coefficient (Wildman–Crippen LogP) is 2.22. The fraction of sp³-hybridized carbons (Fsp3) is 0.385. The normalized spacial score (nSPS) is 19.2. The van der Waals surface area contributed by atoms with Crippen LogP contribution in [0, 0.1) is 0 Å². The third kappa shape index (κ3) is 3.41. The summed E-state index contributed by atoms with van der Waals surface area (Å²) in [6.07, 6.45) is -2.41. The lowest BCUT2D eigenvalue weighted by Crippen LogP contribution is -2.61. The first-order chi connectivity index (χ1) is 10.3. The van der Waals surface area contributed by atoms with Crippen LogP contribution in [-0.4, -0.2) is 35.2 Å². The number of para-hydroxylation sites is 2. The maximum absolute atomic E-state index is 12.5. The Balaban J connectivity index is 2.53. The standard InChI is InChI=1S/C13H13Cl3N2O4/c1-7(19)17-12(13(14,15)16)18-8-5-3-4-6-9(8)22-11(21-2)10(18)20/h3-6,11-12H,1-2H3,(H,17,19)/t11-,12+/m1/s1. The third-order valence-corrected chi connectivity index (χ3v) is 3.54. The SMILES string of the molecule is CO[C@@H]1Oc2ccccc2N([C@H](NC(C)=O)C(Cl)(Cl)Cl)C1=O. The fourth-order valence-corrected chi connectivity index (χ4v) is 2.51. The van der Waals surface area contributed by atoms with Crippen molar-refractivity contribution in [2.75, 3.05) is 12.0 Å². The van der Waals surface area contributed by atoms with Crippen LogP contribution in [0.25, 0.3) is 0 Å². The Labute approximate surface area is 142 Å². The van der Waals surface area contributed by atoms with Gasteiger partial charge in [-0.3, -0.25) is 14.5 Å². The largest absolute Gasteiger partial charge is 0.453 e. The first kappa shape index (κ1) is 17.1. The number of carbonyl (C=O) groups excluding carboxylic acids is 2. The summed E-state index contributed by atoms with van der Waals surface area (Å²) in [6, 6.07) is 6.68. The van der Waals surface area contributed by atoms with Gasteiger partial charge in [-0.1, -0.05) is 46.9 Å². The van der Waals surface area contributed by atoms with Crippen LogP contribution in [0.2, 0.25) is 0 Å². The minimum absolute atomic E-state index is 0.367. The number of hydrogen-bond donors (Lipinski definition) is 1. The molecule has 1 aliphatic rings. The highest BCUT2D eigenvalue weighted by molar-refractivity contribution is 6.68. The van der Waals surface area contributed by atoms with Crippen LogP contribution in [-0.2, 0) is 14.3 Å². The predicted molar refractivity (Wildman–Crippen MR) is 83.2 cm³/mol. The van der Waals surface area contributed by atoms with Crippen molar-refractivity contribution in [1.29, 1.82) is 0 Å². The van der Waals surface area contributed by atoms with Crippen molar-refractivity contribution in [3.8, 4) is 5.75 Å². The summed E-state index contributed by atoms with van der Waals surface area (Å²) in [5, 5.41) is 2.46. The number of hydrogen-bond acceptors (Lipinski definition) is 4. The van der Waals surface area contributed by atoms with E-state index in [1.54, 1.807) is 24.3 Å². The Morgan fingerprint density at radius 3 is 2.59 bits per heavy atom. The molecule has 0 fully saturated rings. The molecule has 2 atom stereocenters. The summed E-state index contributed by atoms with van der Waals surface area (Å²) in [5.41, 5.74) is 0.367. The van der Waals surface area contributed by atoms with Crippen LogP contribution in [0.5, 0.6) is 5.75 Å². The molecule has 0 spiro atoms. The molecule has 120 valence electrons. The number of alkyl halides is 3. The van der Waals surface area contributed by atoms with Crippen molar-refractivity contribution < 1.29 is 19.1 Å². The second kappa shape index (κ2) is 6.50. The van der Waals surface area contributed by atoms with Crippen LogP contribution in [0.1, 0.15) is 6.92 Å². The Kier molecular flexibility index (Phi) is 5.07. The van der Waals surface area contributed by atoms with E-state index < -0.39 is 28.1 Å². The van der Waals surface area contributed by atoms with Crippen LogP contribution in [0.15, 0.2) is 24.3 Å². The van der Waals surface area contributed by atoms with Crippen LogP contribution in [0.4, 0.5) is 5.69 Å². The highest BCUT2D eigenvalue weighted by atomic mass is 35.6. The molecular formula is C13H13Cl3N2O4. The molecule has 6 nitrogen and oxygen atoms in total. The zero-order valence-corrected chi connectivity index (χ0v) is 13.9. The van der Waals surface area contributed by atoms with Crippen LogP contribution in [0.3, 0.4) is 0 Å². The minimum Gasteiger partial charge on any atom is -0.453 e. The van der Waals surface area contributed by atoms with Crippen molar-refractivity contribution in [3.05, 3.63) is 24.3 Å². The lowest BCUT2D eigenvalue weighted by molar-refractivity contribution is -0.147. The van der Waals surface area contributed by atoms with Gasteiger partial charge >= 0.3 is 0 Å². The maximum atomic E-state index is 12.5. The second-order valence-electron chi connectivity index (χ2n) is 4.51. The minimum atomic E-state index is -1.95. The average Bonchev–Trinajstić information content (AvgIpc) is 2.43. The van der Waals surface area contributed by atoms with E-state index in [2.05, 4.69) is 5.32 Å². The highest BCUT2D eigenvalue weighted by Gasteiger charge is 2.46. The summed E-state index contributed by atoms with van der Waals surface area (Å²) in [5.74, 6) is -0.674. The number of rotatable bonds is 3. The van der Waals surface area contributed by atoms with Gasteiger partial charge in [0, 0.05) is 14.0 Å². The van der Waals surface area contributed by atoms with Gasteiger partial charge in [-0.05, 0) is 12.1 Å². The maximum Gasteiger partial charge on any atom is 0.298 e. The van der Waals surface area contributed by atoms with Gasteiger partial charge in [0.25, 0.3) is 12.2 Å². The Hall–Kier alpha value is -1.21. The van der Waals surface area contributed by atoms with E-state index in [-0.39, 0.29) is 0 Å². The number of anilines is 1. The quantitative estimate of drug-likeness (QED) is 0.832. The molecular weight excluding hydrogens is 355 g/mol. The van der Waals surface area contributed by atoms with Gasteiger partial charge in [0.05, 0.1) is 5.69 Å². The Morgan fingerprint density at radius 2 is 2.05 bits per heavy atom. The summed E-state index contributed by atoms with van der Waals surface area (Å²) in [6.45, 7) is 1.26. The molecule has 1 N–H and O–H groups in total. The molecule has 1 aliphatic heterocycles. The van der Waals surface area contributed by atoms with E-state index in [4.69, 9.17) is 44.3 Å². The molecule has 0 bridgehead atoms. The molecule has 0 saturated carbocycles. The smallest absolute Gasteiger partial charge is 0.298 e. The number of fused-ring (bicyclic) bond motifs is 1. The van der Waals surface area contributed by atoms with Gasteiger partial charge in [0.15, 0.2) is 6.17 Å². The number of ether oxygens (including phenoxy) is 2. The van der Waals surface area contributed by atoms with Crippen molar-refractivity contribution in [2.24, 2.45) is 0 Å². The number of halogens is 3. The van der Waals surface area contributed by atoms with Crippen molar-refractivity contribution >= 4 is 52.3 Å². The Morgan fingerprint density at radius 1 is 1.41 bits per heavy atom. The van der Waals surface area contributed by atoms with E-state index in [9.17, 15) is 9.59 Å². The van der Waals surface area contributed by atoms with Gasteiger partial charge in [-0.25, -0.2) is 0 Å². The summed E-state index contributed by atoms with van der Waals surface area (Å²) in [7, 11) is 1.32. The molecule has 0 unspecified atom stereocenters. The summed E-state index contributed by atoms with van der Waals surface area (Å²) < 4.78 is 8.48. The first-order valence-corrected chi connectivity index (χ1v) is 7.34. The lowest BCUT2D eigenvalue weighted by Gasteiger charge is -2.40. The van der Waals surface area contributed by atoms with Crippen molar-refractivity contribution in [1.82, 2.24) is 5.32 Å². The van der Waals surface area contributed by atoms with Gasteiger partial charge in [0.2, 0.25) is 9.70 Å². The number of nitrogens with one attached hydrogen (secondary N) is 1. The second-order valence-corrected chi connectivity index (χ2v) is 6.88. The van der Waals surface area contributed by atoms with Crippen molar-refractivity contribution in [2.45, 2.75) is 23.2 Å². The zero-order chi connectivity index (χ0) is 16.5. The van der Waals surface area contributed by atoms with Gasteiger partial charge in [-0.15, -0.1) is 0 Å². The van der Waals surface area contributed by atoms with Gasteiger partial charge in [0.1, 0.15) is 5.75 Å². The number of amides is 2. The van der Waals surface area contributed by atoms with Gasteiger partial charge < -0.3 is 14.8 Å². The third-order valence-electron chi connectivity index (χ3n) is 2.92. The van der Waals surface area contributed by atoms with E-state index in [0.717, 1.165) is 4.90 Å². The number of benzene rings is 1. The van der Waals surface area contributed by atoms with E-state index in [1.807, 2.05) is 0 Å². The van der Waals surface area contributed by atoms with Crippen LogP contribution >= 0.6 is 34.8 Å². The highest BCUT2D eigenvalue weighted by Crippen LogP contribution is 2.40. The first-order valence-electron chi connectivity index (χ1n) is 6.21. The monoisotopic (exact) mass is 366 g/mol. The lowest BCUT2D eigenvalue weighted by atomic mass is 10.2. The molecule has 0 radical (unpaired) electrons. The summed E-state index contributed by atoms with van der Waals surface area (Å²) in [4.78, 5) is 25.1. The zero-order valence-electron chi connectivity index (χ0n) is 11.7. The molecule has 1 aromatic carbocycles. The molecule has 1 heterocycles. The van der Waals surface area contributed by atoms with E-state index in [1.165, 1.54) is 14.0 Å². The molecule has 2 amide bonds. The fourth-order valence-electron chi connectivity index (χ4n) is 2.05. The van der Waals surface area contributed by atoms with Gasteiger partial charge in [-0.2, -0.15) is 0 Å². The molecule has 2 rings (SSSR count). The molecule has 9 heteroatoms. The topological polar surface area (TPSA) is 67.9 Å². The molecule has 0 aliphatic carbocycles. The number of carbonyl (C=O) groups is 2.